The van der Waals surface area contributed by atoms with Crippen molar-refractivity contribution in [1.29, 1.82) is 0 Å². The van der Waals surface area contributed by atoms with Crippen LogP contribution in [-0.4, -0.2) is 32.3 Å². The van der Waals surface area contributed by atoms with Gasteiger partial charge in [-0.15, -0.1) is 10.2 Å². The molecule has 0 radical (unpaired) electrons. The fourth-order valence-electron chi connectivity index (χ4n) is 2.73. The van der Waals surface area contributed by atoms with Crippen molar-refractivity contribution in [2.24, 2.45) is 0 Å². The van der Waals surface area contributed by atoms with Gasteiger partial charge in [0.15, 0.2) is 11.0 Å². The summed E-state index contributed by atoms with van der Waals surface area (Å²) < 4.78 is 2.79. The lowest BCUT2D eigenvalue weighted by molar-refractivity contribution is -0.113. The summed E-state index contributed by atoms with van der Waals surface area (Å²) in [5.41, 5.74) is 2.43. The van der Waals surface area contributed by atoms with Gasteiger partial charge in [-0.25, -0.2) is 0 Å². The van der Waals surface area contributed by atoms with Crippen LogP contribution in [0.5, 0.6) is 0 Å². The molecule has 3 rings (SSSR count). The quantitative estimate of drug-likeness (QED) is 0.468. The van der Waals surface area contributed by atoms with E-state index in [0.29, 0.717) is 23.1 Å². The molecule has 9 heteroatoms. The molecule has 0 spiro atoms. The van der Waals surface area contributed by atoms with Crippen molar-refractivity contribution < 1.29 is 9.59 Å². The molecule has 0 bridgehead atoms. The van der Waals surface area contributed by atoms with E-state index in [9.17, 15) is 9.59 Å². The number of carbonyl (C=O) groups is 2. The highest BCUT2D eigenvalue weighted by Crippen LogP contribution is 2.19. The van der Waals surface area contributed by atoms with Crippen molar-refractivity contribution in [3.8, 4) is 0 Å². The normalized spacial score (nSPS) is 10.6. The number of nitrogens with zero attached hydrogens (tertiary/aromatic N) is 3. The number of amides is 2. The number of anilines is 1. The van der Waals surface area contributed by atoms with Gasteiger partial charge in [0.1, 0.15) is 0 Å². The van der Waals surface area contributed by atoms with Gasteiger partial charge in [0.25, 0.3) is 5.91 Å². The Kier molecular flexibility index (Phi) is 7.64. The minimum Gasteiger partial charge on any atom is -0.345 e. The van der Waals surface area contributed by atoms with Gasteiger partial charge >= 0.3 is 0 Å². The fourth-order valence-corrected chi connectivity index (χ4v) is 3.95. The minimum absolute atomic E-state index is 0.127. The first kappa shape index (κ1) is 22.0. The zero-order valence-corrected chi connectivity index (χ0v) is 19.1. The van der Waals surface area contributed by atoms with Crippen LogP contribution in [0.3, 0.4) is 0 Å². The highest BCUT2D eigenvalue weighted by Gasteiger charge is 2.14. The van der Waals surface area contributed by atoms with Gasteiger partial charge < -0.3 is 15.2 Å². The molecule has 0 unspecified atom stereocenters. The van der Waals surface area contributed by atoms with Crippen LogP contribution in [-0.2, 0) is 17.9 Å². The summed E-state index contributed by atoms with van der Waals surface area (Å²) in [6.45, 7) is 4.85. The fraction of sp³-hybridized carbons (Fsp3) is 0.238. The summed E-state index contributed by atoms with van der Waals surface area (Å²) in [6.07, 6.45) is 0. The molecule has 0 saturated carbocycles. The Morgan fingerprint density at radius 2 is 1.90 bits per heavy atom. The maximum atomic E-state index is 12.3. The summed E-state index contributed by atoms with van der Waals surface area (Å²) in [5, 5.41) is 14.7. The molecule has 0 aliphatic heterocycles. The molecule has 30 heavy (non-hydrogen) atoms. The summed E-state index contributed by atoms with van der Waals surface area (Å²) in [6, 6.07) is 14.8. The summed E-state index contributed by atoms with van der Waals surface area (Å²) >= 11 is 4.69. The van der Waals surface area contributed by atoms with Crippen LogP contribution < -0.4 is 10.6 Å². The highest BCUT2D eigenvalue weighted by molar-refractivity contribution is 9.10. The van der Waals surface area contributed by atoms with E-state index < -0.39 is 0 Å². The number of aromatic nitrogens is 3. The molecule has 0 saturated heterocycles. The monoisotopic (exact) mass is 487 g/mol. The van der Waals surface area contributed by atoms with Crippen molar-refractivity contribution in [3.63, 3.8) is 0 Å². The number of carbonyl (C=O) groups excluding carboxylic acids is 2. The first-order chi connectivity index (χ1) is 14.5. The van der Waals surface area contributed by atoms with Gasteiger partial charge in [-0.2, -0.15) is 0 Å². The Labute approximate surface area is 187 Å². The van der Waals surface area contributed by atoms with E-state index in [0.717, 1.165) is 15.7 Å². The van der Waals surface area contributed by atoms with E-state index in [2.05, 4.69) is 36.8 Å². The van der Waals surface area contributed by atoms with Gasteiger partial charge in [0.2, 0.25) is 5.91 Å². The predicted octanol–water partition coefficient (Wildman–Crippen LogP) is 4.03. The standard InChI is InChI=1S/C21H22BrN5O2S/c1-3-27-18(12-23-20(29)15-9-7-14(2)8-10-15)25-26-21(27)30-13-19(28)24-17-6-4-5-16(22)11-17/h4-11H,3,12-13H2,1-2H3,(H,23,29)(H,24,28). The second-order valence-corrected chi connectivity index (χ2v) is 8.40. The van der Waals surface area contributed by atoms with Gasteiger partial charge in [-0.1, -0.05) is 51.5 Å². The molecule has 2 amide bonds. The van der Waals surface area contributed by atoms with Crippen LogP contribution >= 0.6 is 27.7 Å². The summed E-state index contributed by atoms with van der Waals surface area (Å²) in [4.78, 5) is 24.6. The third-order valence-corrected chi connectivity index (χ3v) is 5.73. The molecule has 2 N–H and O–H groups in total. The zero-order valence-electron chi connectivity index (χ0n) is 16.7. The molecule has 0 aliphatic rings. The van der Waals surface area contributed by atoms with Crippen molar-refractivity contribution in [2.45, 2.75) is 32.1 Å². The number of halogens is 1. The maximum absolute atomic E-state index is 12.3. The Balaban J connectivity index is 1.56. The zero-order chi connectivity index (χ0) is 21.5. The number of rotatable bonds is 8. The lowest BCUT2D eigenvalue weighted by Crippen LogP contribution is -2.24. The van der Waals surface area contributed by atoms with Gasteiger partial charge in [-0.3, -0.25) is 9.59 Å². The molecule has 0 fully saturated rings. The number of benzene rings is 2. The molecule has 156 valence electrons. The highest BCUT2D eigenvalue weighted by atomic mass is 79.9. The smallest absolute Gasteiger partial charge is 0.251 e. The largest absolute Gasteiger partial charge is 0.345 e. The topological polar surface area (TPSA) is 88.9 Å². The number of aryl methyl sites for hydroxylation is 1. The Hall–Kier alpha value is -2.65. The lowest BCUT2D eigenvalue weighted by Gasteiger charge is -2.09. The van der Waals surface area contributed by atoms with E-state index in [1.165, 1.54) is 11.8 Å². The van der Waals surface area contributed by atoms with Crippen LogP contribution in [0.25, 0.3) is 0 Å². The number of nitrogens with one attached hydrogen (secondary N) is 2. The Morgan fingerprint density at radius 3 is 2.60 bits per heavy atom. The third kappa shape index (κ3) is 5.93. The van der Waals surface area contributed by atoms with E-state index in [-0.39, 0.29) is 24.1 Å². The first-order valence-electron chi connectivity index (χ1n) is 9.41. The molecule has 3 aromatic rings. The van der Waals surface area contributed by atoms with Crippen LogP contribution in [0.4, 0.5) is 5.69 Å². The van der Waals surface area contributed by atoms with Crippen LogP contribution in [0.2, 0.25) is 0 Å². The van der Waals surface area contributed by atoms with E-state index in [1.54, 1.807) is 12.1 Å². The van der Waals surface area contributed by atoms with Crippen molar-refractivity contribution >= 4 is 45.2 Å². The Bertz CT molecular complexity index is 1040. The van der Waals surface area contributed by atoms with E-state index in [4.69, 9.17) is 0 Å². The van der Waals surface area contributed by atoms with E-state index in [1.807, 2.05) is 54.8 Å². The molecule has 0 atom stereocenters. The average molecular weight is 488 g/mol. The lowest BCUT2D eigenvalue weighted by atomic mass is 10.1. The average Bonchev–Trinajstić information content (AvgIpc) is 3.13. The Morgan fingerprint density at radius 1 is 1.13 bits per heavy atom. The molecular weight excluding hydrogens is 466 g/mol. The summed E-state index contributed by atoms with van der Waals surface area (Å²) in [7, 11) is 0. The van der Waals surface area contributed by atoms with Crippen molar-refractivity contribution in [3.05, 3.63) is 70.0 Å². The maximum Gasteiger partial charge on any atom is 0.251 e. The molecular formula is C21H22BrN5O2S. The minimum atomic E-state index is -0.164. The van der Waals surface area contributed by atoms with Crippen LogP contribution in [0.15, 0.2) is 58.2 Å². The van der Waals surface area contributed by atoms with Crippen molar-refractivity contribution in [2.75, 3.05) is 11.1 Å². The van der Waals surface area contributed by atoms with Crippen LogP contribution in [0, 0.1) is 6.92 Å². The van der Waals surface area contributed by atoms with Crippen LogP contribution in [0.1, 0.15) is 28.7 Å². The molecule has 1 heterocycles. The third-order valence-electron chi connectivity index (χ3n) is 4.27. The SMILES string of the molecule is CCn1c(CNC(=O)c2ccc(C)cc2)nnc1SCC(=O)Nc1cccc(Br)c1. The molecule has 0 aliphatic carbocycles. The van der Waals surface area contributed by atoms with Gasteiger partial charge in [0, 0.05) is 22.3 Å². The molecule has 7 nitrogen and oxygen atoms in total. The number of hydrogen-bond acceptors (Lipinski definition) is 5. The molecule has 1 aromatic heterocycles. The van der Waals surface area contributed by atoms with Crippen molar-refractivity contribution in [1.82, 2.24) is 20.1 Å². The number of hydrogen-bond donors (Lipinski definition) is 2. The van der Waals surface area contributed by atoms with E-state index >= 15 is 0 Å². The van der Waals surface area contributed by atoms with Gasteiger partial charge in [-0.05, 0) is 44.2 Å². The predicted molar refractivity (Wildman–Crippen MR) is 122 cm³/mol. The molecule has 2 aromatic carbocycles. The second kappa shape index (κ2) is 10.4. The number of thioether (sulfide) groups is 1. The second-order valence-electron chi connectivity index (χ2n) is 6.54. The summed E-state index contributed by atoms with van der Waals surface area (Å²) in [5.74, 6) is 0.564. The first-order valence-corrected chi connectivity index (χ1v) is 11.2. The van der Waals surface area contributed by atoms with Gasteiger partial charge in [0.05, 0.1) is 12.3 Å².